The summed E-state index contributed by atoms with van der Waals surface area (Å²) in [5, 5.41) is 1.15. The van der Waals surface area contributed by atoms with Crippen molar-refractivity contribution in [3.8, 4) is 5.75 Å². The predicted octanol–water partition coefficient (Wildman–Crippen LogP) is 4.22. The quantitative estimate of drug-likeness (QED) is 0.648. The molecule has 1 aromatic heterocycles. The molecule has 0 fully saturated rings. The number of methoxy groups -OCH3 is 1. The van der Waals surface area contributed by atoms with E-state index in [9.17, 15) is 4.79 Å². The molecule has 0 saturated heterocycles. The highest BCUT2D eigenvalue weighted by Gasteiger charge is 2.16. The summed E-state index contributed by atoms with van der Waals surface area (Å²) in [4.78, 5) is 15.0. The molecule has 0 spiro atoms. The number of hydrogen-bond acceptors (Lipinski definition) is 4. The standard InChI is InChI=1S/C19H21NO3.ClH/c1-4-20(5-2)12-13-10-11-15-17(21)14-8-6-7-9-16(14)23-19(15)18(13)22-3;/h6-11H,4-5,12H2,1-3H3;1H. The lowest BCUT2D eigenvalue weighted by Crippen LogP contribution is -2.22. The molecule has 0 atom stereocenters. The fourth-order valence-corrected chi connectivity index (χ4v) is 2.92. The molecule has 1 heterocycles. The van der Waals surface area contributed by atoms with Crippen LogP contribution in [0.1, 0.15) is 19.4 Å². The first-order valence-electron chi connectivity index (χ1n) is 7.93. The lowest BCUT2D eigenvalue weighted by Gasteiger charge is -2.20. The molecule has 0 radical (unpaired) electrons. The summed E-state index contributed by atoms with van der Waals surface area (Å²) in [5.74, 6) is 0.650. The zero-order valence-electron chi connectivity index (χ0n) is 14.2. The van der Waals surface area contributed by atoms with Crippen LogP contribution in [-0.2, 0) is 6.54 Å². The SMILES string of the molecule is CCN(CC)Cc1ccc2c(=O)c3ccccc3oc2c1OC.Cl. The van der Waals surface area contributed by atoms with Gasteiger partial charge in [-0.1, -0.05) is 32.0 Å². The molecular weight excluding hydrogens is 326 g/mol. The van der Waals surface area contributed by atoms with Crippen LogP contribution in [0, 0.1) is 0 Å². The van der Waals surface area contributed by atoms with Gasteiger partial charge in [-0.3, -0.25) is 9.69 Å². The molecule has 0 aliphatic carbocycles. The minimum atomic E-state index is -0.0189. The lowest BCUT2D eigenvalue weighted by atomic mass is 10.1. The predicted molar refractivity (Wildman–Crippen MR) is 100 cm³/mol. The third-order valence-corrected chi connectivity index (χ3v) is 4.27. The summed E-state index contributed by atoms with van der Waals surface area (Å²) in [6, 6.07) is 11.1. The van der Waals surface area contributed by atoms with Gasteiger partial charge in [0.2, 0.25) is 5.43 Å². The number of fused-ring (bicyclic) bond motifs is 2. The van der Waals surface area contributed by atoms with Crippen molar-refractivity contribution in [3.63, 3.8) is 0 Å². The van der Waals surface area contributed by atoms with E-state index in [1.807, 2.05) is 30.3 Å². The summed E-state index contributed by atoms with van der Waals surface area (Å²) in [5.41, 5.74) is 2.13. The fraction of sp³-hybridized carbons (Fsp3) is 0.316. The summed E-state index contributed by atoms with van der Waals surface area (Å²) in [7, 11) is 1.62. The monoisotopic (exact) mass is 347 g/mol. The Kier molecular flexibility index (Phi) is 5.86. The number of ether oxygens (including phenoxy) is 1. The second-order valence-corrected chi connectivity index (χ2v) is 5.52. The molecular formula is C19H22ClNO3. The van der Waals surface area contributed by atoms with Gasteiger partial charge in [0.25, 0.3) is 0 Å². The smallest absolute Gasteiger partial charge is 0.200 e. The van der Waals surface area contributed by atoms with Gasteiger partial charge in [0.05, 0.1) is 17.9 Å². The van der Waals surface area contributed by atoms with Crippen molar-refractivity contribution < 1.29 is 9.15 Å². The van der Waals surface area contributed by atoms with Gasteiger partial charge in [-0.25, -0.2) is 0 Å². The molecule has 3 rings (SSSR count). The van der Waals surface area contributed by atoms with Crippen LogP contribution >= 0.6 is 12.4 Å². The van der Waals surface area contributed by atoms with Gasteiger partial charge in [0, 0.05) is 12.1 Å². The number of hydrogen-bond donors (Lipinski definition) is 0. The maximum absolute atomic E-state index is 12.7. The highest BCUT2D eigenvalue weighted by molar-refractivity contribution is 5.93. The van der Waals surface area contributed by atoms with E-state index >= 15 is 0 Å². The van der Waals surface area contributed by atoms with Crippen LogP contribution in [0.2, 0.25) is 0 Å². The Morgan fingerprint density at radius 3 is 2.42 bits per heavy atom. The molecule has 3 aromatic rings. The topological polar surface area (TPSA) is 42.7 Å². The summed E-state index contributed by atoms with van der Waals surface area (Å²) < 4.78 is 11.6. The normalized spacial score (nSPS) is 11.0. The third-order valence-electron chi connectivity index (χ3n) is 4.27. The molecule has 128 valence electrons. The third kappa shape index (κ3) is 3.12. The fourth-order valence-electron chi connectivity index (χ4n) is 2.92. The van der Waals surface area contributed by atoms with E-state index in [0.29, 0.717) is 27.7 Å². The van der Waals surface area contributed by atoms with Crippen LogP contribution < -0.4 is 10.2 Å². The van der Waals surface area contributed by atoms with Crippen LogP contribution in [0.25, 0.3) is 21.9 Å². The molecule has 0 saturated carbocycles. The van der Waals surface area contributed by atoms with Crippen molar-refractivity contribution in [2.24, 2.45) is 0 Å². The van der Waals surface area contributed by atoms with Gasteiger partial charge in [-0.2, -0.15) is 0 Å². The van der Waals surface area contributed by atoms with Crippen molar-refractivity contribution in [3.05, 3.63) is 52.2 Å². The van der Waals surface area contributed by atoms with Crippen LogP contribution in [0.3, 0.4) is 0 Å². The number of rotatable bonds is 5. The van der Waals surface area contributed by atoms with E-state index in [-0.39, 0.29) is 17.8 Å². The molecule has 0 amide bonds. The molecule has 24 heavy (non-hydrogen) atoms. The molecule has 0 bridgehead atoms. The number of nitrogens with zero attached hydrogens (tertiary/aromatic N) is 1. The van der Waals surface area contributed by atoms with Crippen LogP contribution in [0.15, 0.2) is 45.6 Å². The van der Waals surface area contributed by atoms with Gasteiger partial charge in [0.15, 0.2) is 11.3 Å². The van der Waals surface area contributed by atoms with Crippen molar-refractivity contribution in [2.75, 3.05) is 20.2 Å². The number of halogens is 1. The van der Waals surface area contributed by atoms with E-state index in [0.717, 1.165) is 25.2 Å². The Morgan fingerprint density at radius 1 is 1.04 bits per heavy atom. The first-order chi connectivity index (χ1) is 11.2. The first kappa shape index (κ1) is 18.3. The molecule has 4 nitrogen and oxygen atoms in total. The minimum absolute atomic E-state index is 0. The van der Waals surface area contributed by atoms with Gasteiger partial charge < -0.3 is 9.15 Å². The average Bonchev–Trinajstić information content (AvgIpc) is 2.59. The van der Waals surface area contributed by atoms with Gasteiger partial charge in [-0.05, 0) is 31.3 Å². The molecule has 0 aliphatic heterocycles. The first-order valence-corrected chi connectivity index (χ1v) is 7.93. The van der Waals surface area contributed by atoms with Gasteiger partial charge >= 0.3 is 0 Å². The van der Waals surface area contributed by atoms with Crippen molar-refractivity contribution >= 4 is 34.3 Å². The van der Waals surface area contributed by atoms with Crippen molar-refractivity contribution in [1.82, 2.24) is 4.90 Å². The van der Waals surface area contributed by atoms with E-state index in [2.05, 4.69) is 18.7 Å². The Labute approximate surface area is 147 Å². The van der Waals surface area contributed by atoms with E-state index in [1.165, 1.54) is 0 Å². The Bertz CT molecular complexity index is 900. The summed E-state index contributed by atoms with van der Waals surface area (Å²) >= 11 is 0. The minimum Gasteiger partial charge on any atom is -0.492 e. The summed E-state index contributed by atoms with van der Waals surface area (Å²) in [6.07, 6.45) is 0. The molecule has 0 aliphatic rings. The second kappa shape index (κ2) is 7.69. The van der Waals surface area contributed by atoms with Gasteiger partial charge in [0.1, 0.15) is 5.58 Å². The average molecular weight is 348 g/mol. The molecule has 2 aromatic carbocycles. The second-order valence-electron chi connectivity index (χ2n) is 5.52. The molecule has 0 N–H and O–H groups in total. The largest absolute Gasteiger partial charge is 0.492 e. The van der Waals surface area contributed by atoms with E-state index < -0.39 is 0 Å². The maximum atomic E-state index is 12.7. The van der Waals surface area contributed by atoms with Crippen LogP contribution in [0.4, 0.5) is 0 Å². The van der Waals surface area contributed by atoms with Crippen LogP contribution in [-0.4, -0.2) is 25.1 Å². The summed E-state index contributed by atoms with van der Waals surface area (Å²) in [6.45, 7) is 6.94. The maximum Gasteiger partial charge on any atom is 0.200 e. The van der Waals surface area contributed by atoms with Crippen LogP contribution in [0.5, 0.6) is 5.75 Å². The lowest BCUT2D eigenvalue weighted by molar-refractivity contribution is 0.289. The van der Waals surface area contributed by atoms with E-state index in [4.69, 9.17) is 9.15 Å². The molecule has 5 heteroatoms. The highest BCUT2D eigenvalue weighted by Crippen LogP contribution is 2.31. The van der Waals surface area contributed by atoms with Gasteiger partial charge in [-0.15, -0.1) is 12.4 Å². The Morgan fingerprint density at radius 2 is 1.75 bits per heavy atom. The Hall–Kier alpha value is -2.04. The highest BCUT2D eigenvalue weighted by atomic mass is 35.5. The van der Waals surface area contributed by atoms with Crippen molar-refractivity contribution in [2.45, 2.75) is 20.4 Å². The van der Waals surface area contributed by atoms with E-state index in [1.54, 1.807) is 13.2 Å². The number of benzene rings is 2. The zero-order valence-corrected chi connectivity index (χ0v) is 15.0. The Balaban J connectivity index is 0.00000208. The number of para-hydroxylation sites is 1. The van der Waals surface area contributed by atoms with Crippen molar-refractivity contribution in [1.29, 1.82) is 0 Å². The zero-order chi connectivity index (χ0) is 16.4. The molecule has 0 unspecified atom stereocenters.